The van der Waals surface area contributed by atoms with E-state index in [1.54, 1.807) is 23.1 Å². The van der Waals surface area contributed by atoms with Gasteiger partial charge >= 0.3 is 0 Å². The summed E-state index contributed by atoms with van der Waals surface area (Å²) in [6, 6.07) is 4.11. The highest BCUT2D eigenvalue weighted by molar-refractivity contribution is 5.91. The highest BCUT2D eigenvalue weighted by Gasteiger charge is 2.46. The second-order valence-electron chi connectivity index (χ2n) is 9.96. The van der Waals surface area contributed by atoms with Gasteiger partial charge in [0.1, 0.15) is 12.1 Å². The van der Waals surface area contributed by atoms with Gasteiger partial charge in [0.15, 0.2) is 5.65 Å². The maximum absolute atomic E-state index is 13.1. The number of nitrogen functional groups attached to an aromatic ring is 1. The minimum Gasteiger partial charge on any atom is -0.383 e. The van der Waals surface area contributed by atoms with Gasteiger partial charge in [-0.1, -0.05) is 11.8 Å². The van der Waals surface area contributed by atoms with Crippen LogP contribution in [-0.4, -0.2) is 57.7 Å². The number of fused-ring (bicyclic) bond motifs is 3. The number of nitrogens with one attached hydrogen (secondary N) is 1. The third kappa shape index (κ3) is 3.42. The highest BCUT2D eigenvalue weighted by atomic mass is 16.2. The largest absolute Gasteiger partial charge is 0.383 e. The number of hydrogen-bond donors (Lipinski definition) is 2. The first-order valence-electron chi connectivity index (χ1n) is 12.4. The molecule has 1 aliphatic carbocycles. The minimum atomic E-state index is -0.0625. The molecule has 3 fully saturated rings. The van der Waals surface area contributed by atoms with Crippen molar-refractivity contribution in [1.29, 1.82) is 0 Å². The first kappa shape index (κ1) is 21.1. The van der Waals surface area contributed by atoms with Crippen LogP contribution >= 0.6 is 0 Å². The monoisotopic (exact) mass is 479 g/mol. The zero-order valence-electron chi connectivity index (χ0n) is 19.6. The molecule has 3 aliphatic rings. The first-order valence-corrected chi connectivity index (χ1v) is 12.4. The Balaban J connectivity index is 1.26. The number of hydrogen-bond acceptors (Lipinski definition) is 7. The summed E-state index contributed by atoms with van der Waals surface area (Å²) >= 11 is 0. The molecule has 2 bridgehead atoms. The van der Waals surface area contributed by atoms with E-state index in [9.17, 15) is 4.79 Å². The van der Waals surface area contributed by atoms with Gasteiger partial charge in [0.05, 0.1) is 17.5 Å². The van der Waals surface area contributed by atoms with Crippen molar-refractivity contribution < 1.29 is 4.79 Å². The molecule has 6 heterocycles. The van der Waals surface area contributed by atoms with E-state index in [2.05, 4.69) is 37.1 Å². The molecule has 4 aromatic rings. The Bertz CT molecular complexity index is 1500. The molecule has 10 nitrogen and oxygen atoms in total. The quantitative estimate of drug-likeness (QED) is 0.432. The number of carbonyl (C=O) groups excluding carboxylic acids is 1. The van der Waals surface area contributed by atoms with Gasteiger partial charge in [0.25, 0.3) is 5.91 Å². The van der Waals surface area contributed by atoms with Crippen LogP contribution in [0.5, 0.6) is 0 Å². The average molecular weight is 480 g/mol. The molecule has 1 saturated carbocycles. The van der Waals surface area contributed by atoms with Crippen LogP contribution in [0.2, 0.25) is 0 Å². The number of aromatic nitrogens is 7. The summed E-state index contributed by atoms with van der Waals surface area (Å²) < 4.78 is 1.74. The van der Waals surface area contributed by atoms with Gasteiger partial charge in [0.2, 0.25) is 5.82 Å². The molecule has 2 saturated heterocycles. The Morgan fingerprint density at radius 1 is 1.08 bits per heavy atom. The topological polar surface area (TPSA) is 131 Å². The molecule has 0 radical (unpaired) electrons. The fourth-order valence-electron chi connectivity index (χ4n) is 5.97. The van der Waals surface area contributed by atoms with Crippen LogP contribution in [-0.2, 0) is 0 Å². The predicted molar refractivity (Wildman–Crippen MR) is 131 cm³/mol. The van der Waals surface area contributed by atoms with Crippen LogP contribution in [0.3, 0.4) is 0 Å². The molecule has 1 amide bonds. The lowest BCUT2D eigenvalue weighted by atomic mass is 9.85. The number of aromatic amines is 1. The van der Waals surface area contributed by atoms with Crippen molar-refractivity contribution in [3.63, 3.8) is 0 Å². The van der Waals surface area contributed by atoms with E-state index < -0.39 is 0 Å². The number of nitrogens with two attached hydrogens (primary N) is 1. The van der Waals surface area contributed by atoms with Crippen LogP contribution in [0.4, 0.5) is 5.82 Å². The van der Waals surface area contributed by atoms with Crippen LogP contribution in [0.25, 0.3) is 5.65 Å². The van der Waals surface area contributed by atoms with Crippen LogP contribution in [0, 0.1) is 11.8 Å². The molecule has 2 aliphatic heterocycles. The zero-order chi connectivity index (χ0) is 24.2. The summed E-state index contributed by atoms with van der Waals surface area (Å²) in [6.07, 6.45) is 12.5. The molecule has 36 heavy (non-hydrogen) atoms. The lowest BCUT2D eigenvalue weighted by Gasteiger charge is -2.39. The van der Waals surface area contributed by atoms with Gasteiger partial charge < -0.3 is 10.6 Å². The standard InChI is InChI=1S/C26H25N9O/c27-23-21(16-5-6-16)22(32-25-17(13-31-35(23)25)4-3-15-2-1-9-28-12-15)18-10-19-7-8-20(11-18)34(19)26(36)24-29-14-30-33-24/h1-2,9,12-14,16,18-20H,5-8,10-11,27H2,(H,29,30,33)/t18?,19-,20+. The number of piperidine rings is 1. The van der Waals surface area contributed by atoms with Gasteiger partial charge in [-0.05, 0) is 56.6 Å². The van der Waals surface area contributed by atoms with Crippen LogP contribution in [0.15, 0.2) is 37.1 Å². The smallest absolute Gasteiger partial charge is 0.291 e. The third-order valence-electron chi connectivity index (χ3n) is 7.71. The lowest BCUT2D eigenvalue weighted by Crippen LogP contribution is -2.46. The molecule has 3 N–H and O–H groups in total. The van der Waals surface area contributed by atoms with Gasteiger partial charge in [-0.2, -0.15) is 14.7 Å². The van der Waals surface area contributed by atoms with Gasteiger partial charge in [-0.25, -0.2) is 9.97 Å². The van der Waals surface area contributed by atoms with Crippen molar-refractivity contribution in [2.45, 2.75) is 62.4 Å². The van der Waals surface area contributed by atoms with E-state index in [0.29, 0.717) is 23.2 Å². The van der Waals surface area contributed by atoms with E-state index >= 15 is 0 Å². The summed E-state index contributed by atoms with van der Waals surface area (Å²) in [7, 11) is 0. The fourth-order valence-corrected chi connectivity index (χ4v) is 5.97. The Labute approximate surface area is 207 Å². The lowest BCUT2D eigenvalue weighted by molar-refractivity contribution is 0.0557. The van der Waals surface area contributed by atoms with E-state index in [4.69, 9.17) is 10.7 Å². The van der Waals surface area contributed by atoms with E-state index in [1.165, 1.54) is 6.33 Å². The summed E-state index contributed by atoms with van der Waals surface area (Å²) in [5.41, 5.74) is 11.2. The molecule has 0 spiro atoms. The third-order valence-corrected chi connectivity index (χ3v) is 7.71. The number of anilines is 1. The van der Waals surface area contributed by atoms with Gasteiger partial charge in [-0.3, -0.25) is 14.9 Å². The van der Waals surface area contributed by atoms with Crippen LogP contribution in [0.1, 0.15) is 83.4 Å². The number of rotatable bonds is 3. The number of carbonyl (C=O) groups is 1. The minimum absolute atomic E-state index is 0.0625. The second kappa shape index (κ2) is 8.16. The summed E-state index contributed by atoms with van der Waals surface area (Å²) in [5.74, 6) is 7.95. The van der Waals surface area contributed by atoms with Crippen molar-refractivity contribution in [2.24, 2.45) is 0 Å². The average Bonchev–Trinajstić information content (AvgIpc) is 3.30. The molecule has 180 valence electrons. The molecule has 1 unspecified atom stereocenters. The fraction of sp³-hybridized carbons (Fsp3) is 0.385. The molecular weight excluding hydrogens is 454 g/mol. The molecule has 3 atom stereocenters. The maximum atomic E-state index is 13.1. The normalized spacial score (nSPS) is 23.0. The SMILES string of the molecule is Nc1c(C2CC2)c(C2C[C@H]3CC[C@@H](C2)N3C(=O)c2ncn[nH]2)nc2c(C#Cc3cccnc3)cnn12. The molecule has 4 aromatic heterocycles. The maximum Gasteiger partial charge on any atom is 0.291 e. The van der Waals surface area contributed by atoms with Crippen molar-refractivity contribution in [1.82, 2.24) is 39.7 Å². The Kier molecular flexibility index (Phi) is 4.77. The molecule has 10 heteroatoms. The highest BCUT2D eigenvalue weighted by Crippen LogP contribution is 2.50. The first-order chi connectivity index (χ1) is 17.7. The predicted octanol–water partition coefficient (Wildman–Crippen LogP) is 2.65. The summed E-state index contributed by atoms with van der Waals surface area (Å²) in [4.78, 5) is 28.5. The number of nitrogens with zero attached hydrogens (tertiary/aromatic N) is 7. The number of pyridine rings is 1. The van der Waals surface area contributed by atoms with Crippen molar-refractivity contribution in [2.75, 3.05) is 5.73 Å². The van der Waals surface area contributed by atoms with Crippen molar-refractivity contribution in [3.05, 3.63) is 65.3 Å². The van der Waals surface area contributed by atoms with Crippen molar-refractivity contribution in [3.8, 4) is 11.8 Å². The number of H-pyrrole nitrogens is 1. The Hall–Kier alpha value is -4.26. The Morgan fingerprint density at radius 3 is 2.61 bits per heavy atom. The van der Waals surface area contributed by atoms with E-state index in [-0.39, 0.29) is 23.9 Å². The second-order valence-corrected chi connectivity index (χ2v) is 9.96. The van der Waals surface area contributed by atoms with E-state index in [1.807, 2.05) is 17.0 Å². The zero-order valence-corrected chi connectivity index (χ0v) is 19.6. The molecule has 7 rings (SSSR count). The van der Waals surface area contributed by atoms with Gasteiger partial charge in [-0.15, -0.1) is 0 Å². The van der Waals surface area contributed by atoms with Crippen molar-refractivity contribution >= 4 is 17.4 Å². The van der Waals surface area contributed by atoms with Crippen LogP contribution < -0.4 is 5.73 Å². The number of amides is 1. The molecule has 0 aromatic carbocycles. The molecular formula is C26H25N9O. The van der Waals surface area contributed by atoms with E-state index in [0.717, 1.165) is 60.9 Å². The summed E-state index contributed by atoms with van der Waals surface area (Å²) in [6.45, 7) is 0. The Morgan fingerprint density at radius 2 is 1.92 bits per heavy atom. The summed E-state index contributed by atoms with van der Waals surface area (Å²) in [5, 5.41) is 11.1. The van der Waals surface area contributed by atoms with Gasteiger partial charge in [0, 0.05) is 41.5 Å².